The highest BCUT2D eigenvalue weighted by molar-refractivity contribution is 5.64. The predicted octanol–water partition coefficient (Wildman–Crippen LogP) is 1.68. The van der Waals surface area contributed by atoms with Crippen molar-refractivity contribution in [2.45, 2.75) is 6.29 Å². The van der Waals surface area contributed by atoms with Gasteiger partial charge in [0.15, 0.2) is 6.29 Å². The number of aliphatic hydroxyl groups is 2. The van der Waals surface area contributed by atoms with Crippen LogP contribution in [-0.2, 0) is 0 Å². The lowest BCUT2D eigenvalue weighted by molar-refractivity contribution is -0.0454. The maximum absolute atomic E-state index is 9.06. The number of rotatable bonds is 4. The molecule has 0 aliphatic rings. The second-order valence-electron chi connectivity index (χ2n) is 3.80. The summed E-state index contributed by atoms with van der Waals surface area (Å²) >= 11 is 0. The maximum atomic E-state index is 9.06. The Morgan fingerprint density at radius 3 is 2.06 bits per heavy atom. The molecule has 0 atom stereocenters. The third-order valence-electron chi connectivity index (χ3n) is 2.65. The molecule has 0 aliphatic heterocycles. The molecule has 2 rings (SSSR count). The molecule has 0 saturated carbocycles. The van der Waals surface area contributed by atoms with E-state index in [4.69, 9.17) is 19.7 Å². The van der Waals surface area contributed by atoms with Gasteiger partial charge in [-0.15, -0.1) is 0 Å². The summed E-state index contributed by atoms with van der Waals surface area (Å²) < 4.78 is 10.4. The van der Waals surface area contributed by atoms with Crippen LogP contribution >= 0.6 is 0 Å². The molecule has 1 aromatic heterocycles. The molecule has 2 aromatic rings. The molecule has 96 valence electrons. The number of aromatic nitrogens is 1. The first kappa shape index (κ1) is 12.5. The van der Waals surface area contributed by atoms with Gasteiger partial charge in [-0.25, -0.2) is 0 Å². The quantitative estimate of drug-likeness (QED) is 0.721. The van der Waals surface area contributed by atoms with Gasteiger partial charge in [-0.1, -0.05) is 0 Å². The SMILES string of the molecule is COc1cc(OC)cc(-c2ccc(C(O)O)[nH]2)c1. The van der Waals surface area contributed by atoms with Crippen molar-refractivity contribution < 1.29 is 19.7 Å². The summed E-state index contributed by atoms with van der Waals surface area (Å²) in [6.45, 7) is 0. The van der Waals surface area contributed by atoms with Crippen molar-refractivity contribution in [2.24, 2.45) is 0 Å². The van der Waals surface area contributed by atoms with Crippen LogP contribution in [0.15, 0.2) is 30.3 Å². The molecule has 0 saturated heterocycles. The van der Waals surface area contributed by atoms with Gasteiger partial charge < -0.3 is 24.7 Å². The zero-order valence-electron chi connectivity index (χ0n) is 10.2. The number of methoxy groups -OCH3 is 2. The van der Waals surface area contributed by atoms with Crippen LogP contribution in [0, 0.1) is 0 Å². The normalized spacial score (nSPS) is 10.7. The zero-order valence-corrected chi connectivity index (χ0v) is 10.2. The number of ether oxygens (including phenoxy) is 2. The molecule has 0 bridgehead atoms. The molecule has 3 N–H and O–H groups in total. The van der Waals surface area contributed by atoms with E-state index < -0.39 is 6.29 Å². The van der Waals surface area contributed by atoms with Crippen LogP contribution in [0.2, 0.25) is 0 Å². The zero-order chi connectivity index (χ0) is 13.1. The Hall–Kier alpha value is -1.98. The highest BCUT2D eigenvalue weighted by atomic mass is 16.5. The fraction of sp³-hybridized carbons (Fsp3) is 0.231. The number of benzene rings is 1. The molecular formula is C13H15NO4. The monoisotopic (exact) mass is 249 g/mol. The minimum Gasteiger partial charge on any atom is -0.497 e. The van der Waals surface area contributed by atoms with E-state index in [-0.39, 0.29) is 0 Å². The molecule has 0 amide bonds. The number of H-pyrrole nitrogens is 1. The Bertz CT molecular complexity index is 511. The first-order valence-corrected chi connectivity index (χ1v) is 5.42. The molecule has 0 spiro atoms. The number of aliphatic hydroxyl groups excluding tert-OH is 1. The topological polar surface area (TPSA) is 74.7 Å². The van der Waals surface area contributed by atoms with Gasteiger partial charge in [0.25, 0.3) is 0 Å². The largest absolute Gasteiger partial charge is 0.497 e. The van der Waals surface area contributed by atoms with Crippen molar-refractivity contribution >= 4 is 0 Å². The highest BCUT2D eigenvalue weighted by Gasteiger charge is 2.09. The lowest BCUT2D eigenvalue weighted by atomic mass is 10.1. The van der Waals surface area contributed by atoms with Crippen molar-refractivity contribution in [2.75, 3.05) is 14.2 Å². The standard InChI is InChI=1S/C13H15NO4/c1-17-9-5-8(6-10(7-9)18-2)11-3-4-12(14-11)13(15)16/h3-7,13-16H,1-2H3. The number of aromatic amines is 1. The number of hydrogen-bond acceptors (Lipinski definition) is 4. The molecule has 18 heavy (non-hydrogen) atoms. The van der Waals surface area contributed by atoms with E-state index in [1.54, 1.807) is 32.4 Å². The summed E-state index contributed by atoms with van der Waals surface area (Å²) in [4.78, 5) is 2.92. The Labute approximate surface area is 105 Å². The van der Waals surface area contributed by atoms with Crippen LogP contribution in [0.4, 0.5) is 0 Å². The Morgan fingerprint density at radius 2 is 1.61 bits per heavy atom. The van der Waals surface area contributed by atoms with Crippen molar-refractivity contribution in [3.8, 4) is 22.8 Å². The van der Waals surface area contributed by atoms with E-state index in [9.17, 15) is 0 Å². The van der Waals surface area contributed by atoms with Crippen molar-refractivity contribution in [1.82, 2.24) is 4.98 Å². The molecule has 5 nitrogen and oxygen atoms in total. The van der Waals surface area contributed by atoms with E-state index in [1.807, 2.05) is 12.1 Å². The van der Waals surface area contributed by atoms with Crippen LogP contribution in [0.25, 0.3) is 11.3 Å². The predicted molar refractivity (Wildman–Crippen MR) is 66.5 cm³/mol. The molecule has 0 aliphatic carbocycles. The average molecular weight is 249 g/mol. The Morgan fingerprint density at radius 1 is 1.00 bits per heavy atom. The van der Waals surface area contributed by atoms with Crippen LogP contribution in [-0.4, -0.2) is 29.4 Å². The maximum Gasteiger partial charge on any atom is 0.193 e. The van der Waals surface area contributed by atoms with E-state index in [0.717, 1.165) is 11.3 Å². The van der Waals surface area contributed by atoms with Gasteiger partial charge in [-0.2, -0.15) is 0 Å². The van der Waals surface area contributed by atoms with E-state index in [0.29, 0.717) is 17.2 Å². The van der Waals surface area contributed by atoms with Gasteiger partial charge in [0.2, 0.25) is 0 Å². The minimum absolute atomic E-state index is 0.340. The molecule has 1 heterocycles. The fourth-order valence-corrected chi connectivity index (χ4v) is 1.69. The molecule has 1 aromatic carbocycles. The molecular weight excluding hydrogens is 234 g/mol. The van der Waals surface area contributed by atoms with Crippen LogP contribution in [0.3, 0.4) is 0 Å². The van der Waals surface area contributed by atoms with Gasteiger partial charge in [-0.05, 0) is 24.3 Å². The van der Waals surface area contributed by atoms with Crippen molar-refractivity contribution in [3.63, 3.8) is 0 Å². The minimum atomic E-state index is -1.51. The lowest BCUT2D eigenvalue weighted by Crippen LogP contribution is -1.94. The second-order valence-corrected chi connectivity index (χ2v) is 3.80. The van der Waals surface area contributed by atoms with E-state index in [2.05, 4.69) is 4.98 Å². The van der Waals surface area contributed by atoms with Crippen LogP contribution in [0.1, 0.15) is 12.0 Å². The smallest absolute Gasteiger partial charge is 0.193 e. The third kappa shape index (κ3) is 2.47. The van der Waals surface area contributed by atoms with Gasteiger partial charge >= 0.3 is 0 Å². The summed E-state index contributed by atoms with van der Waals surface area (Å²) in [6, 6.07) is 8.83. The summed E-state index contributed by atoms with van der Waals surface area (Å²) in [5.41, 5.74) is 1.94. The average Bonchev–Trinajstić information content (AvgIpc) is 2.87. The first-order valence-electron chi connectivity index (χ1n) is 5.42. The summed E-state index contributed by atoms with van der Waals surface area (Å²) in [6.07, 6.45) is -1.51. The Balaban J connectivity index is 2.42. The summed E-state index contributed by atoms with van der Waals surface area (Å²) in [5.74, 6) is 1.34. The fourth-order valence-electron chi connectivity index (χ4n) is 1.69. The number of nitrogens with one attached hydrogen (secondary N) is 1. The van der Waals surface area contributed by atoms with Gasteiger partial charge in [-0.3, -0.25) is 0 Å². The van der Waals surface area contributed by atoms with Gasteiger partial charge in [0.05, 0.1) is 19.9 Å². The molecule has 0 radical (unpaired) electrons. The molecule has 0 unspecified atom stereocenters. The van der Waals surface area contributed by atoms with E-state index in [1.165, 1.54) is 0 Å². The van der Waals surface area contributed by atoms with E-state index >= 15 is 0 Å². The van der Waals surface area contributed by atoms with Gasteiger partial charge in [0.1, 0.15) is 11.5 Å². The molecule has 0 fully saturated rings. The van der Waals surface area contributed by atoms with Gasteiger partial charge in [0, 0.05) is 17.3 Å². The van der Waals surface area contributed by atoms with Crippen LogP contribution < -0.4 is 9.47 Å². The first-order chi connectivity index (χ1) is 8.63. The summed E-state index contributed by atoms with van der Waals surface area (Å²) in [5, 5.41) is 18.1. The van der Waals surface area contributed by atoms with Crippen LogP contribution in [0.5, 0.6) is 11.5 Å². The van der Waals surface area contributed by atoms with Crippen molar-refractivity contribution in [1.29, 1.82) is 0 Å². The summed E-state index contributed by atoms with van der Waals surface area (Å²) in [7, 11) is 3.16. The highest BCUT2D eigenvalue weighted by Crippen LogP contribution is 2.29. The third-order valence-corrected chi connectivity index (χ3v) is 2.65. The number of hydrogen-bond donors (Lipinski definition) is 3. The Kier molecular flexibility index (Phi) is 3.55. The molecule has 5 heteroatoms. The lowest BCUT2D eigenvalue weighted by Gasteiger charge is -2.07. The van der Waals surface area contributed by atoms with Crippen molar-refractivity contribution in [3.05, 3.63) is 36.0 Å². The second kappa shape index (κ2) is 5.12.